The van der Waals surface area contributed by atoms with Crippen LogP contribution in [-0.4, -0.2) is 124 Å². The van der Waals surface area contributed by atoms with E-state index in [1.807, 2.05) is 0 Å². The summed E-state index contributed by atoms with van der Waals surface area (Å²) >= 11 is 0. The van der Waals surface area contributed by atoms with Gasteiger partial charge in [0.15, 0.2) is 24.6 Å². The van der Waals surface area contributed by atoms with Crippen LogP contribution in [0, 0.1) is 0 Å². The number of hydrogen-bond acceptors (Lipinski definition) is 18. The second-order valence-electron chi connectivity index (χ2n) is 11.5. The van der Waals surface area contributed by atoms with Crippen LogP contribution in [0.2, 0.25) is 0 Å². The molecule has 10 atom stereocenters. The molecule has 2 aliphatic rings. The summed E-state index contributed by atoms with van der Waals surface area (Å²) in [5.74, 6) is -3.92. The molecule has 288 valence electrons. The molecular formula is C34H44O18. The van der Waals surface area contributed by atoms with Gasteiger partial charge in [-0.15, -0.1) is 6.58 Å². The molecule has 0 aliphatic carbocycles. The van der Waals surface area contributed by atoms with Gasteiger partial charge in [-0.2, -0.15) is 0 Å². The first kappa shape index (κ1) is 41.6. The van der Waals surface area contributed by atoms with Gasteiger partial charge in [-0.05, 0) is 24.3 Å². The van der Waals surface area contributed by atoms with Crippen molar-refractivity contribution in [1.29, 1.82) is 0 Å². The zero-order valence-electron chi connectivity index (χ0n) is 29.8. The predicted molar refractivity (Wildman–Crippen MR) is 171 cm³/mol. The molecular weight excluding hydrogens is 696 g/mol. The molecule has 18 heteroatoms. The van der Waals surface area contributed by atoms with Crippen molar-refractivity contribution in [1.82, 2.24) is 0 Å². The lowest BCUT2D eigenvalue weighted by Gasteiger charge is -2.48. The van der Waals surface area contributed by atoms with E-state index in [4.69, 9.17) is 56.8 Å². The largest absolute Gasteiger partial charge is 0.497 e. The first-order valence-corrected chi connectivity index (χ1v) is 16.1. The van der Waals surface area contributed by atoms with Gasteiger partial charge in [-0.3, -0.25) is 28.8 Å². The number of ether oxygens (including phenoxy) is 12. The van der Waals surface area contributed by atoms with Gasteiger partial charge >= 0.3 is 35.8 Å². The third kappa shape index (κ3) is 12.2. The van der Waals surface area contributed by atoms with Crippen LogP contribution in [0.15, 0.2) is 36.9 Å². The summed E-state index contributed by atoms with van der Waals surface area (Å²) in [6, 6.07) is 6.29. The number of benzene rings is 1. The van der Waals surface area contributed by atoms with E-state index in [1.54, 1.807) is 24.3 Å². The highest BCUT2D eigenvalue weighted by molar-refractivity contribution is 5.68. The van der Waals surface area contributed by atoms with Gasteiger partial charge in [-0.1, -0.05) is 6.08 Å². The summed E-state index contributed by atoms with van der Waals surface area (Å²) in [6.45, 7) is 9.21. The summed E-state index contributed by atoms with van der Waals surface area (Å²) in [5.41, 5.74) is 0. The van der Waals surface area contributed by atoms with Crippen LogP contribution in [0.3, 0.4) is 0 Å². The second-order valence-corrected chi connectivity index (χ2v) is 11.5. The first-order valence-electron chi connectivity index (χ1n) is 16.1. The highest BCUT2D eigenvalue weighted by Crippen LogP contribution is 2.36. The van der Waals surface area contributed by atoms with Crippen LogP contribution in [0.25, 0.3) is 0 Å². The van der Waals surface area contributed by atoms with E-state index in [0.29, 0.717) is 5.75 Å². The molecule has 0 bridgehead atoms. The molecule has 52 heavy (non-hydrogen) atoms. The number of carbonyl (C=O) groups is 6. The molecule has 18 nitrogen and oxygen atoms in total. The highest BCUT2D eigenvalue weighted by Gasteiger charge is 2.57. The predicted octanol–water partition coefficient (Wildman–Crippen LogP) is 1.33. The summed E-state index contributed by atoms with van der Waals surface area (Å²) in [6.07, 6.45) is -13.1. The molecule has 2 aliphatic heterocycles. The zero-order valence-corrected chi connectivity index (χ0v) is 29.8. The molecule has 0 aromatic heterocycles. The van der Waals surface area contributed by atoms with E-state index in [0.717, 1.165) is 41.5 Å². The quantitative estimate of drug-likeness (QED) is 0.133. The molecule has 2 heterocycles. The van der Waals surface area contributed by atoms with Gasteiger partial charge in [0.05, 0.1) is 13.7 Å². The van der Waals surface area contributed by atoms with Crippen LogP contribution in [-0.2, 0) is 76.1 Å². The number of hydrogen-bond donors (Lipinski definition) is 0. The molecule has 0 saturated carbocycles. The van der Waals surface area contributed by atoms with E-state index in [1.165, 1.54) is 13.2 Å². The summed E-state index contributed by atoms with van der Waals surface area (Å²) in [4.78, 5) is 73.5. The Labute approximate surface area is 299 Å². The van der Waals surface area contributed by atoms with Crippen LogP contribution in [0.5, 0.6) is 11.5 Å². The molecule has 0 spiro atoms. The molecule has 0 N–H and O–H groups in total. The van der Waals surface area contributed by atoms with E-state index in [-0.39, 0.29) is 12.4 Å². The third-order valence-corrected chi connectivity index (χ3v) is 7.30. The normalized spacial score (nSPS) is 28.3. The van der Waals surface area contributed by atoms with Crippen LogP contribution in [0.4, 0.5) is 0 Å². The Morgan fingerprint density at radius 3 is 1.52 bits per heavy atom. The Bertz CT molecular complexity index is 1410. The average molecular weight is 741 g/mol. The SMILES string of the molecule is C=CCOC1C(OC(C)=O)C(COC(C)=O)OC(OC2C(COC(C)=O)OC(Oc3ccc(OC)cc3)C(OC(C)=O)C2OC(C)=O)C1OC(C)=O. The zero-order chi connectivity index (χ0) is 38.5. The van der Waals surface area contributed by atoms with Crippen molar-refractivity contribution >= 4 is 35.8 Å². The minimum atomic E-state index is -1.67. The number of methoxy groups -OCH3 is 1. The van der Waals surface area contributed by atoms with Crippen molar-refractivity contribution in [3.63, 3.8) is 0 Å². The van der Waals surface area contributed by atoms with E-state index < -0.39 is 110 Å². The van der Waals surface area contributed by atoms with Crippen molar-refractivity contribution in [2.24, 2.45) is 0 Å². The molecule has 1 aromatic rings. The summed E-state index contributed by atoms with van der Waals surface area (Å²) in [5, 5.41) is 0. The maximum absolute atomic E-state index is 12.6. The second kappa shape index (κ2) is 19.7. The van der Waals surface area contributed by atoms with E-state index in [2.05, 4.69) is 6.58 Å². The van der Waals surface area contributed by atoms with Gasteiger partial charge in [0.2, 0.25) is 12.4 Å². The summed E-state index contributed by atoms with van der Waals surface area (Å²) in [7, 11) is 1.48. The Hall–Kier alpha value is -4.78. The Balaban J connectivity index is 2.15. The highest BCUT2D eigenvalue weighted by atomic mass is 16.8. The minimum absolute atomic E-state index is 0.135. The Morgan fingerprint density at radius 1 is 0.596 bits per heavy atom. The fourth-order valence-electron chi connectivity index (χ4n) is 5.40. The minimum Gasteiger partial charge on any atom is -0.497 e. The van der Waals surface area contributed by atoms with Gasteiger partial charge < -0.3 is 56.8 Å². The van der Waals surface area contributed by atoms with Crippen molar-refractivity contribution < 1.29 is 85.6 Å². The van der Waals surface area contributed by atoms with Crippen molar-refractivity contribution in [3.05, 3.63) is 36.9 Å². The topological polar surface area (TPSA) is 213 Å². The molecule has 1 aromatic carbocycles. The van der Waals surface area contributed by atoms with E-state index >= 15 is 0 Å². The lowest BCUT2D eigenvalue weighted by atomic mass is 9.96. The summed E-state index contributed by atoms with van der Waals surface area (Å²) < 4.78 is 68.7. The standard InChI is InChI=1S/C34H44O18/c1-9-14-42-29-27(45-19(4)37)25(15-43-17(2)35)51-34(31(29)47-21(6)39)52-28-26(16-44-18(3)36)50-33(49-24-12-10-23(41-8)11-13-24)32(48-22(7)40)30(28)46-20(5)38/h9-13,25-34H,1,14-16H2,2-8H3. The van der Waals surface area contributed by atoms with Crippen LogP contribution >= 0.6 is 0 Å². The number of rotatable bonds is 16. The Morgan fingerprint density at radius 2 is 1.04 bits per heavy atom. The van der Waals surface area contributed by atoms with Gasteiger partial charge in [0, 0.05) is 41.5 Å². The van der Waals surface area contributed by atoms with Crippen LogP contribution in [0.1, 0.15) is 41.5 Å². The number of esters is 6. The number of carbonyl (C=O) groups excluding carboxylic acids is 6. The molecule has 3 rings (SSSR count). The van der Waals surface area contributed by atoms with Gasteiger partial charge in [-0.25, -0.2) is 0 Å². The lowest BCUT2D eigenvalue weighted by Crippen LogP contribution is -2.67. The Kier molecular flexibility index (Phi) is 15.8. The van der Waals surface area contributed by atoms with Crippen LogP contribution < -0.4 is 9.47 Å². The third-order valence-electron chi connectivity index (χ3n) is 7.30. The molecule has 2 saturated heterocycles. The molecule has 0 radical (unpaired) electrons. The maximum Gasteiger partial charge on any atom is 0.303 e. The van der Waals surface area contributed by atoms with Crippen molar-refractivity contribution in [3.8, 4) is 11.5 Å². The maximum atomic E-state index is 12.6. The monoisotopic (exact) mass is 740 g/mol. The smallest absolute Gasteiger partial charge is 0.303 e. The van der Waals surface area contributed by atoms with Gasteiger partial charge in [0.25, 0.3) is 0 Å². The molecule has 2 fully saturated rings. The first-order chi connectivity index (χ1) is 24.6. The van der Waals surface area contributed by atoms with Crippen molar-refractivity contribution in [2.45, 2.75) is 103 Å². The fraction of sp³-hybridized carbons (Fsp3) is 0.588. The van der Waals surface area contributed by atoms with Gasteiger partial charge in [0.1, 0.15) is 49.1 Å². The fourth-order valence-corrected chi connectivity index (χ4v) is 5.40. The van der Waals surface area contributed by atoms with E-state index in [9.17, 15) is 28.8 Å². The molecule has 0 amide bonds. The lowest BCUT2D eigenvalue weighted by molar-refractivity contribution is -0.356. The molecule has 10 unspecified atom stereocenters. The average Bonchev–Trinajstić information content (AvgIpc) is 3.05. The van der Waals surface area contributed by atoms with Crippen molar-refractivity contribution in [2.75, 3.05) is 26.9 Å².